The third-order valence-corrected chi connectivity index (χ3v) is 13.1. The molecule has 0 aliphatic carbocycles. The number of hydrogen-bond donors (Lipinski definition) is 0. The standard InChI is InChI=1S/C31H27NP2/c1-33(26-16-7-3-8-17-26,27-18-9-4-10-19-27)30-24-15-25-31(32-30)34(2,28-20-11-5-12-21-28)29-22-13-6-14-23-29/h3-25H,1-2H2. The van der Waals surface area contributed by atoms with Gasteiger partial charge in [-0.15, -0.1) is 0 Å². The molecule has 0 atom stereocenters. The summed E-state index contributed by atoms with van der Waals surface area (Å²) < 4.78 is 0. The Bertz CT molecular complexity index is 1280. The molecule has 5 aromatic rings. The summed E-state index contributed by atoms with van der Waals surface area (Å²) in [7, 11) is 0. The van der Waals surface area contributed by atoms with Crippen LogP contribution in [0.2, 0.25) is 0 Å². The second-order valence-electron chi connectivity index (χ2n) is 8.32. The maximum absolute atomic E-state index is 5.40. The molecule has 3 heteroatoms. The number of benzene rings is 4. The highest BCUT2D eigenvalue weighted by Gasteiger charge is 2.28. The van der Waals surface area contributed by atoms with Gasteiger partial charge in [-0.1, -0.05) is 140 Å². The van der Waals surface area contributed by atoms with Crippen LogP contribution in [0.25, 0.3) is 0 Å². The van der Waals surface area contributed by atoms with Gasteiger partial charge in [-0.3, -0.25) is 0 Å². The molecule has 4 aromatic carbocycles. The smallest absolute Gasteiger partial charge is 0.0713 e. The molecule has 0 fully saturated rings. The number of nitrogens with zero attached hydrogens (tertiary/aromatic N) is 1. The molecule has 1 nitrogen and oxygen atoms in total. The maximum Gasteiger partial charge on any atom is 0.0713 e. The third kappa shape index (κ3) is 3.92. The van der Waals surface area contributed by atoms with E-state index in [0.29, 0.717) is 0 Å². The zero-order chi connectivity index (χ0) is 23.4. The van der Waals surface area contributed by atoms with Gasteiger partial charge in [0.15, 0.2) is 0 Å². The van der Waals surface area contributed by atoms with Crippen LogP contribution in [0.4, 0.5) is 0 Å². The molecule has 1 heterocycles. The van der Waals surface area contributed by atoms with Crippen molar-refractivity contribution < 1.29 is 0 Å². The van der Waals surface area contributed by atoms with E-state index in [4.69, 9.17) is 17.6 Å². The zero-order valence-corrected chi connectivity index (χ0v) is 20.8. The van der Waals surface area contributed by atoms with Crippen LogP contribution in [-0.4, -0.2) is 17.6 Å². The highest BCUT2D eigenvalue weighted by Crippen LogP contribution is 2.43. The van der Waals surface area contributed by atoms with E-state index in [1.165, 1.54) is 21.2 Å². The highest BCUT2D eigenvalue weighted by atomic mass is 31.2. The Kier molecular flexibility index (Phi) is 6.25. The minimum atomic E-state index is -2.18. The van der Waals surface area contributed by atoms with Crippen LogP contribution in [0.3, 0.4) is 0 Å². The summed E-state index contributed by atoms with van der Waals surface area (Å²) in [5.41, 5.74) is 2.06. The van der Waals surface area contributed by atoms with E-state index < -0.39 is 13.8 Å². The first-order chi connectivity index (χ1) is 16.6. The fourth-order valence-electron chi connectivity index (χ4n) is 4.39. The van der Waals surface area contributed by atoms with Gasteiger partial charge in [-0.2, -0.15) is 0 Å². The number of aromatic nitrogens is 1. The Morgan fingerprint density at radius 1 is 0.353 bits per heavy atom. The number of pyridine rings is 1. The summed E-state index contributed by atoms with van der Waals surface area (Å²) in [5.74, 6) is 0. The van der Waals surface area contributed by atoms with Crippen LogP contribution in [0.15, 0.2) is 140 Å². The average molecular weight is 476 g/mol. The average Bonchev–Trinajstić information content (AvgIpc) is 2.94. The van der Waals surface area contributed by atoms with E-state index in [1.807, 2.05) is 0 Å². The van der Waals surface area contributed by atoms with Crippen molar-refractivity contribution in [1.82, 2.24) is 4.98 Å². The maximum atomic E-state index is 5.40. The van der Waals surface area contributed by atoms with Crippen molar-refractivity contribution in [2.75, 3.05) is 0 Å². The van der Waals surface area contributed by atoms with E-state index in [1.54, 1.807) is 0 Å². The number of rotatable bonds is 6. The molecule has 166 valence electrons. The van der Waals surface area contributed by atoms with E-state index in [0.717, 1.165) is 10.9 Å². The Morgan fingerprint density at radius 2 is 0.618 bits per heavy atom. The van der Waals surface area contributed by atoms with Gasteiger partial charge in [-0.05, 0) is 47.1 Å². The summed E-state index contributed by atoms with van der Waals surface area (Å²) in [6.45, 7) is -4.35. The predicted molar refractivity (Wildman–Crippen MR) is 156 cm³/mol. The summed E-state index contributed by atoms with van der Waals surface area (Å²) in [4.78, 5) is 5.40. The Balaban J connectivity index is 1.76. The molecule has 0 amide bonds. The van der Waals surface area contributed by atoms with Crippen LogP contribution in [0.5, 0.6) is 0 Å². The lowest BCUT2D eigenvalue weighted by Crippen LogP contribution is -2.34. The minimum absolute atomic E-state index is 1.03. The summed E-state index contributed by atoms with van der Waals surface area (Å²) in [6.07, 6.45) is 9.78. The van der Waals surface area contributed by atoms with Crippen LogP contribution in [-0.2, 0) is 0 Å². The zero-order valence-electron chi connectivity index (χ0n) is 19.0. The van der Waals surface area contributed by atoms with Gasteiger partial charge >= 0.3 is 0 Å². The molecule has 0 bridgehead atoms. The van der Waals surface area contributed by atoms with Crippen molar-refractivity contribution in [3.05, 3.63) is 140 Å². The summed E-state index contributed by atoms with van der Waals surface area (Å²) in [5, 5.41) is 4.88. The van der Waals surface area contributed by atoms with Gasteiger partial charge < -0.3 is 0 Å². The Hall–Kier alpha value is -3.37. The van der Waals surface area contributed by atoms with Crippen molar-refractivity contribution in [3.63, 3.8) is 0 Å². The molecule has 0 radical (unpaired) electrons. The molecule has 0 spiro atoms. The summed E-state index contributed by atoms with van der Waals surface area (Å²) >= 11 is 0. The quantitative estimate of drug-likeness (QED) is 0.329. The van der Waals surface area contributed by atoms with Gasteiger partial charge in [0.25, 0.3) is 0 Å². The van der Waals surface area contributed by atoms with E-state index in [2.05, 4.69) is 140 Å². The van der Waals surface area contributed by atoms with Gasteiger partial charge in [0.05, 0.1) is 10.9 Å². The van der Waals surface area contributed by atoms with Crippen molar-refractivity contribution in [2.45, 2.75) is 0 Å². The lowest BCUT2D eigenvalue weighted by molar-refractivity contribution is 1.45. The highest BCUT2D eigenvalue weighted by molar-refractivity contribution is 7.94. The normalized spacial score (nSPS) is 11.8. The molecule has 5 rings (SSSR count). The first-order valence-corrected chi connectivity index (χ1v) is 15.3. The van der Waals surface area contributed by atoms with Crippen molar-refractivity contribution in [1.29, 1.82) is 0 Å². The van der Waals surface area contributed by atoms with Crippen LogP contribution < -0.4 is 32.1 Å². The molecule has 0 N–H and O–H groups in total. The van der Waals surface area contributed by atoms with Gasteiger partial charge in [0.1, 0.15) is 0 Å². The molecule has 0 saturated carbocycles. The topological polar surface area (TPSA) is 12.9 Å². The Morgan fingerprint density at radius 3 is 0.882 bits per heavy atom. The third-order valence-electron chi connectivity index (χ3n) is 6.29. The van der Waals surface area contributed by atoms with Gasteiger partial charge in [-0.25, -0.2) is 4.98 Å². The molecule has 0 unspecified atom stereocenters. The van der Waals surface area contributed by atoms with E-state index >= 15 is 0 Å². The van der Waals surface area contributed by atoms with Gasteiger partial charge in [0.2, 0.25) is 0 Å². The van der Waals surface area contributed by atoms with Gasteiger partial charge in [0, 0.05) is 0 Å². The summed E-state index contributed by atoms with van der Waals surface area (Å²) in [6, 6.07) is 48.8. The first-order valence-electron chi connectivity index (χ1n) is 11.3. The molecular weight excluding hydrogens is 448 g/mol. The lowest BCUT2D eigenvalue weighted by atomic mass is 10.4. The Labute approximate surface area is 202 Å². The predicted octanol–water partition coefficient (Wildman–Crippen LogP) is 4.53. The lowest BCUT2D eigenvalue weighted by Gasteiger charge is -2.29. The molecule has 0 aliphatic heterocycles. The first kappa shape index (κ1) is 22.4. The van der Waals surface area contributed by atoms with Crippen LogP contribution in [0, 0.1) is 0 Å². The minimum Gasteiger partial charge on any atom is -0.247 e. The van der Waals surface area contributed by atoms with E-state index in [9.17, 15) is 0 Å². The monoisotopic (exact) mass is 475 g/mol. The fourth-order valence-corrected chi connectivity index (χ4v) is 10.1. The largest absolute Gasteiger partial charge is 0.247 e. The van der Waals surface area contributed by atoms with Crippen molar-refractivity contribution in [2.24, 2.45) is 0 Å². The second-order valence-corrected chi connectivity index (χ2v) is 14.5. The molecule has 0 aliphatic rings. The molecule has 0 saturated heterocycles. The molecular formula is C31H27NP2. The van der Waals surface area contributed by atoms with E-state index in [-0.39, 0.29) is 0 Å². The second kappa shape index (κ2) is 9.47. The van der Waals surface area contributed by atoms with Crippen LogP contribution >= 0.6 is 13.8 Å². The van der Waals surface area contributed by atoms with Crippen molar-refractivity contribution in [3.8, 4) is 0 Å². The molecule has 1 aromatic heterocycles. The van der Waals surface area contributed by atoms with Crippen LogP contribution in [0.1, 0.15) is 0 Å². The van der Waals surface area contributed by atoms with Crippen molar-refractivity contribution >= 4 is 58.5 Å². The SMILES string of the molecule is C=P(c1ccccc1)(c1ccccc1)c1cccc(P(=C)(c2ccccc2)c2ccccc2)n1. The molecule has 34 heavy (non-hydrogen) atoms. The number of hydrogen-bond acceptors (Lipinski definition) is 1. The fraction of sp³-hybridized carbons (Fsp3) is 0.